The number of furan rings is 1. The van der Waals surface area contributed by atoms with Crippen molar-refractivity contribution in [3.05, 3.63) is 53.1 Å². The summed E-state index contributed by atoms with van der Waals surface area (Å²) in [4.78, 5) is 2.35. The Kier molecular flexibility index (Phi) is 5.68. The lowest BCUT2D eigenvalue weighted by atomic mass is 10.2. The lowest BCUT2D eigenvalue weighted by molar-refractivity contribution is 0.529. The van der Waals surface area contributed by atoms with E-state index in [9.17, 15) is 0 Å². The molecule has 4 aromatic heterocycles. The second kappa shape index (κ2) is 8.38. The summed E-state index contributed by atoms with van der Waals surface area (Å²) < 4.78 is 13.3. The van der Waals surface area contributed by atoms with Crippen LogP contribution in [0.25, 0.3) is 22.2 Å². The summed E-state index contributed by atoms with van der Waals surface area (Å²) in [5, 5.41) is 17.9. The van der Waals surface area contributed by atoms with Crippen LogP contribution in [0.4, 0.5) is 0 Å². The summed E-state index contributed by atoms with van der Waals surface area (Å²) in [6.45, 7) is 10.6. The predicted molar refractivity (Wildman–Crippen MR) is 114 cm³/mol. The predicted octanol–water partition coefficient (Wildman–Crippen LogP) is 5.31. The van der Waals surface area contributed by atoms with Crippen molar-refractivity contribution in [1.29, 1.82) is 0 Å². The monoisotopic (exact) mass is 427 g/mol. The smallest absolute Gasteiger partial charge is 0.257 e. The minimum Gasteiger partial charge on any atom is -0.469 e. The van der Waals surface area contributed by atoms with Crippen molar-refractivity contribution in [2.24, 2.45) is 0 Å². The number of rotatable bonds is 8. The van der Waals surface area contributed by atoms with Crippen LogP contribution in [-0.4, -0.2) is 25.0 Å². The maximum atomic E-state index is 5.88. The molecule has 4 rings (SSSR count). The van der Waals surface area contributed by atoms with E-state index in [-0.39, 0.29) is 0 Å². The Morgan fingerprint density at radius 3 is 2.79 bits per heavy atom. The third-order valence-electron chi connectivity index (χ3n) is 4.47. The highest BCUT2D eigenvalue weighted by Gasteiger charge is 2.18. The number of thiophene rings is 1. The third-order valence-corrected chi connectivity index (χ3v) is 6.79. The van der Waals surface area contributed by atoms with Gasteiger partial charge in [-0.05, 0) is 38.0 Å². The number of aromatic nitrogens is 5. The second-order valence-corrected chi connectivity index (χ2v) is 8.54. The van der Waals surface area contributed by atoms with Crippen LogP contribution in [-0.2, 0) is 18.7 Å². The van der Waals surface area contributed by atoms with Crippen LogP contribution in [0.15, 0.2) is 45.0 Å². The molecule has 29 heavy (non-hydrogen) atoms. The van der Waals surface area contributed by atoms with E-state index in [1.54, 1.807) is 17.6 Å². The Balaban J connectivity index is 1.52. The van der Waals surface area contributed by atoms with Gasteiger partial charge in [0.2, 0.25) is 5.89 Å². The second-order valence-electron chi connectivity index (χ2n) is 6.46. The molecule has 0 spiro atoms. The van der Waals surface area contributed by atoms with Gasteiger partial charge in [-0.1, -0.05) is 24.8 Å². The van der Waals surface area contributed by atoms with Gasteiger partial charge in [0.1, 0.15) is 5.76 Å². The van der Waals surface area contributed by atoms with E-state index in [2.05, 4.69) is 46.9 Å². The van der Waals surface area contributed by atoms with Gasteiger partial charge in [0, 0.05) is 11.4 Å². The SMILES string of the molecule is C=CCn1c(SCc2nnc(-c3cc(C)c(CC)s3)o2)nnc1-c1ccoc1C. The lowest BCUT2D eigenvalue weighted by Gasteiger charge is -2.06. The molecule has 0 aliphatic rings. The van der Waals surface area contributed by atoms with Crippen LogP contribution in [0, 0.1) is 13.8 Å². The molecule has 150 valence electrons. The largest absolute Gasteiger partial charge is 0.469 e. The molecule has 0 saturated carbocycles. The average molecular weight is 428 g/mol. The first-order valence-electron chi connectivity index (χ1n) is 9.24. The van der Waals surface area contributed by atoms with Crippen molar-refractivity contribution in [2.75, 3.05) is 0 Å². The van der Waals surface area contributed by atoms with Crippen molar-refractivity contribution in [3.63, 3.8) is 0 Å². The van der Waals surface area contributed by atoms with Crippen molar-refractivity contribution in [1.82, 2.24) is 25.0 Å². The van der Waals surface area contributed by atoms with Crippen LogP contribution >= 0.6 is 23.1 Å². The molecule has 7 nitrogen and oxygen atoms in total. The Labute approximate surface area is 176 Å². The molecule has 0 atom stereocenters. The van der Waals surface area contributed by atoms with Crippen LogP contribution in [0.5, 0.6) is 0 Å². The lowest BCUT2D eigenvalue weighted by Crippen LogP contribution is -2.00. The molecule has 0 aliphatic carbocycles. The maximum Gasteiger partial charge on any atom is 0.257 e. The van der Waals surface area contributed by atoms with Gasteiger partial charge in [0.05, 0.1) is 22.5 Å². The normalized spacial score (nSPS) is 11.3. The molecular weight excluding hydrogens is 406 g/mol. The molecule has 0 saturated heterocycles. The molecule has 0 amide bonds. The first-order valence-corrected chi connectivity index (χ1v) is 11.0. The van der Waals surface area contributed by atoms with Gasteiger partial charge >= 0.3 is 0 Å². The van der Waals surface area contributed by atoms with E-state index in [0.29, 0.717) is 24.1 Å². The Hall–Kier alpha value is -2.65. The van der Waals surface area contributed by atoms with Gasteiger partial charge in [-0.3, -0.25) is 4.57 Å². The Morgan fingerprint density at radius 2 is 2.10 bits per heavy atom. The highest BCUT2D eigenvalue weighted by atomic mass is 32.2. The van der Waals surface area contributed by atoms with Gasteiger partial charge in [-0.15, -0.1) is 38.3 Å². The third kappa shape index (κ3) is 3.92. The van der Waals surface area contributed by atoms with E-state index in [1.807, 2.05) is 23.6 Å². The highest BCUT2D eigenvalue weighted by Crippen LogP contribution is 2.32. The van der Waals surface area contributed by atoms with E-state index in [4.69, 9.17) is 8.83 Å². The van der Waals surface area contributed by atoms with Crippen LogP contribution in [0.1, 0.15) is 29.0 Å². The fourth-order valence-corrected chi connectivity index (χ4v) is 4.84. The summed E-state index contributed by atoms with van der Waals surface area (Å²) in [6, 6.07) is 4.00. The van der Waals surface area contributed by atoms with Crippen LogP contribution < -0.4 is 0 Å². The quantitative estimate of drug-likeness (QED) is 0.278. The van der Waals surface area contributed by atoms with Crippen molar-refractivity contribution < 1.29 is 8.83 Å². The van der Waals surface area contributed by atoms with Crippen molar-refractivity contribution in [3.8, 4) is 22.2 Å². The minimum atomic E-state index is 0.512. The molecule has 9 heteroatoms. The molecule has 0 aliphatic heterocycles. The highest BCUT2D eigenvalue weighted by molar-refractivity contribution is 7.98. The molecule has 0 bridgehead atoms. The zero-order valence-corrected chi connectivity index (χ0v) is 18.1. The molecule has 0 unspecified atom stereocenters. The number of allylic oxidation sites excluding steroid dienone is 1. The Bertz CT molecular complexity index is 1140. The molecule has 0 N–H and O–H groups in total. The molecule has 0 radical (unpaired) electrons. The molecule has 4 aromatic rings. The number of hydrogen-bond donors (Lipinski definition) is 0. The summed E-state index contributed by atoms with van der Waals surface area (Å²) in [6.07, 6.45) is 4.48. The standard InChI is InChI=1S/C20H21N5O2S2/c1-5-8-25-18(14-7-9-26-13(14)4)22-24-20(25)28-11-17-21-23-19(27-17)16-10-12(3)15(6-2)29-16/h5,7,9-10H,1,6,8,11H2,2-4H3. The summed E-state index contributed by atoms with van der Waals surface area (Å²) in [7, 11) is 0. The fourth-order valence-electron chi connectivity index (χ4n) is 3.02. The molecule has 0 aromatic carbocycles. The summed E-state index contributed by atoms with van der Waals surface area (Å²) >= 11 is 3.21. The average Bonchev–Trinajstić information content (AvgIpc) is 3.47. The summed E-state index contributed by atoms with van der Waals surface area (Å²) in [5.74, 6) is 3.20. The number of aryl methyl sites for hydroxylation is 3. The van der Waals surface area contributed by atoms with E-state index >= 15 is 0 Å². The van der Waals surface area contributed by atoms with E-state index in [1.165, 1.54) is 22.2 Å². The van der Waals surface area contributed by atoms with E-state index < -0.39 is 0 Å². The zero-order valence-electron chi connectivity index (χ0n) is 16.5. The number of hydrogen-bond acceptors (Lipinski definition) is 8. The Morgan fingerprint density at radius 1 is 1.24 bits per heavy atom. The van der Waals surface area contributed by atoms with Crippen LogP contribution in [0.2, 0.25) is 0 Å². The number of thioether (sulfide) groups is 1. The molecular formula is C20H21N5O2S2. The molecule has 4 heterocycles. The van der Waals surface area contributed by atoms with Gasteiger partial charge in [0.25, 0.3) is 5.89 Å². The first-order chi connectivity index (χ1) is 14.1. The van der Waals surface area contributed by atoms with Crippen molar-refractivity contribution in [2.45, 2.75) is 44.6 Å². The van der Waals surface area contributed by atoms with Gasteiger partial charge in [0.15, 0.2) is 11.0 Å². The summed E-state index contributed by atoms with van der Waals surface area (Å²) in [5.41, 5.74) is 2.19. The van der Waals surface area contributed by atoms with Crippen LogP contribution in [0.3, 0.4) is 0 Å². The zero-order chi connectivity index (χ0) is 20.4. The topological polar surface area (TPSA) is 82.8 Å². The number of nitrogens with zero attached hydrogens (tertiary/aromatic N) is 5. The van der Waals surface area contributed by atoms with Gasteiger partial charge < -0.3 is 8.83 Å². The first kappa shape index (κ1) is 19.7. The van der Waals surface area contributed by atoms with E-state index in [0.717, 1.165) is 33.6 Å². The van der Waals surface area contributed by atoms with Gasteiger partial charge in [-0.25, -0.2) is 0 Å². The maximum absolute atomic E-state index is 5.88. The van der Waals surface area contributed by atoms with Gasteiger partial charge in [-0.2, -0.15) is 0 Å². The van der Waals surface area contributed by atoms with Crippen molar-refractivity contribution >= 4 is 23.1 Å². The fraction of sp³-hybridized carbons (Fsp3) is 0.300. The molecule has 0 fully saturated rings. The minimum absolute atomic E-state index is 0.512.